The van der Waals surface area contributed by atoms with E-state index in [0.717, 1.165) is 16.8 Å². The van der Waals surface area contributed by atoms with Crippen molar-refractivity contribution in [1.29, 1.82) is 0 Å². The van der Waals surface area contributed by atoms with Crippen molar-refractivity contribution in [3.63, 3.8) is 0 Å². The first kappa shape index (κ1) is 14.7. The van der Waals surface area contributed by atoms with Gasteiger partial charge in [0.25, 0.3) is 0 Å². The average Bonchev–Trinajstić information content (AvgIpc) is 2.61. The molecule has 1 aromatic carbocycles. The maximum Gasteiger partial charge on any atom is 0.499 e. The highest BCUT2D eigenvalue weighted by atomic mass is 35.5. The van der Waals surface area contributed by atoms with E-state index in [1.165, 1.54) is 5.56 Å². The summed E-state index contributed by atoms with van der Waals surface area (Å²) >= 11 is 0. The highest BCUT2D eigenvalue weighted by Gasteiger charge is 2.45. The molecule has 6 heteroatoms. The highest BCUT2D eigenvalue weighted by Crippen LogP contribution is 2.34. The third-order valence-corrected chi connectivity index (χ3v) is 3.53. The van der Waals surface area contributed by atoms with Crippen molar-refractivity contribution in [3.05, 3.63) is 23.3 Å². The third kappa shape index (κ3) is 2.36. The third-order valence-electron chi connectivity index (χ3n) is 3.53. The first-order valence-corrected chi connectivity index (χ1v) is 6.31. The summed E-state index contributed by atoms with van der Waals surface area (Å²) in [5.74, 6) is 0.863. The largest absolute Gasteiger partial charge is 0.499 e. The van der Waals surface area contributed by atoms with E-state index in [4.69, 9.17) is 19.8 Å². The van der Waals surface area contributed by atoms with Crippen LogP contribution in [0.4, 0.5) is 0 Å². The number of hydrogen-bond donors (Lipinski definition) is 1. The van der Waals surface area contributed by atoms with Gasteiger partial charge in [-0.15, -0.1) is 12.4 Å². The molecule has 3 rings (SSSR count). The molecule has 19 heavy (non-hydrogen) atoms. The second-order valence-corrected chi connectivity index (χ2v) is 5.57. The molecule has 2 aliphatic heterocycles. The molecule has 1 aromatic rings. The van der Waals surface area contributed by atoms with Crippen molar-refractivity contribution in [2.45, 2.75) is 32.5 Å². The standard InChI is InChI=1S/C13H18BNO3.ClH/c1-8-4-5-9-12-11(8)10(6-15)17-14(12)18-13(2,3)7-16-9;/h4-5,10H,6-7,15H2,1-3H3;1H. The Morgan fingerprint density at radius 1 is 1.42 bits per heavy atom. The quantitative estimate of drug-likeness (QED) is 0.790. The van der Waals surface area contributed by atoms with Crippen molar-refractivity contribution < 1.29 is 14.0 Å². The molecule has 1 unspecified atom stereocenters. The summed E-state index contributed by atoms with van der Waals surface area (Å²) in [5.41, 5.74) is 8.77. The molecule has 0 saturated heterocycles. The predicted molar refractivity (Wildman–Crippen MR) is 77.4 cm³/mol. The molecule has 0 fully saturated rings. The molecule has 104 valence electrons. The summed E-state index contributed by atoms with van der Waals surface area (Å²) in [7, 11) is -0.360. The molecule has 0 amide bonds. The smallest absolute Gasteiger partial charge is 0.491 e. The van der Waals surface area contributed by atoms with Gasteiger partial charge in [0.15, 0.2) is 0 Å². The fourth-order valence-corrected chi connectivity index (χ4v) is 2.64. The molecule has 0 saturated carbocycles. The zero-order chi connectivity index (χ0) is 12.9. The summed E-state index contributed by atoms with van der Waals surface area (Å²) in [4.78, 5) is 0. The first-order chi connectivity index (χ1) is 8.52. The summed E-state index contributed by atoms with van der Waals surface area (Å²) in [6.45, 7) is 7.06. The van der Waals surface area contributed by atoms with Crippen LogP contribution in [0.3, 0.4) is 0 Å². The fourth-order valence-electron chi connectivity index (χ4n) is 2.64. The normalized spacial score (nSPS) is 23.2. The Hall–Kier alpha value is -0.745. The van der Waals surface area contributed by atoms with Gasteiger partial charge >= 0.3 is 7.12 Å². The van der Waals surface area contributed by atoms with E-state index < -0.39 is 0 Å². The van der Waals surface area contributed by atoms with Crippen LogP contribution in [0.1, 0.15) is 31.1 Å². The second kappa shape index (κ2) is 4.98. The lowest BCUT2D eigenvalue weighted by Crippen LogP contribution is -2.40. The molecular weight excluding hydrogens is 264 g/mol. The Kier molecular flexibility index (Phi) is 3.84. The topological polar surface area (TPSA) is 53.7 Å². The number of nitrogens with two attached hydrogens (primary N) is 1. The van der Waals surface area contributed by atoms with Crippen LogP contribution < -0.4 is 15.9 Å². The molecular formula is C13H19BClNO3. The van der Waals surface area contributed by atoms with E-state index in [1.807, 2.05) is 19.9 Å². The van der Waals surface area contributed by atoms with Gasteiger partial charge in [0.1, 0.15) is 12.4 Å². The SMILES string of the molecule is Cc1ccc2c3c1C(CN)OB3OC(C)(C)CO2.Cl. The maximum absolute atomic E-state index is 6.01. The van der Waals surface area contributed by atoms with Crippen molar-refractivity contribution in [2.24, 2.45) is 5.73 Å². The van der Waals surface area contributed by atoms with Crippen LogP contribution in [0.5, 0.6) is 5.75 Å². The number of halogens is 1. The Labute approximate surface area is 120 Å². The number of rotatable bonds is 1. The van der Waals surface area contributed by atoms with Gasteiger partial charge in [-0.2, -0.15) is 0 Å². The van der Waals surface area contributed by atoms with Gasteiger partial charge in [-0.05, 0) is 38.0 Å². The fraction of sp³-hybridized carbons (Fsp3) is 0.538. The van der Waals surface area contributed by atoms with Crippen LogP contribution in [0, 0.1) is 6.92 Å². The molecule has 0 aromatic heterocycles. The van der Waals surface area contributed by atoms with E-state index in [2.05, 4.69) is 13.0 Å². The van der Waals surface area contributed by atoms with E-state index >= 15 is 0 Å². The molecule has 1 atom stereocenters. The van der Waals surface area contributed by atoms with Crippen molar-refractivity contribution in [2.75, 3.05) is 13.2 Å². The summed E-state index contributed by atoms with van der Waals surface area (Å²) in [5, 5.41) is 0. The van der Waals surface area contributed by atoms with E-state index in [1.54, 1.807) is 0 Å². The number of benzene rings is 1. The van der Waals surface area contributed by atoms with Crippen LogP contribution in [-0.4, -0.2) is 25.9 Å². The average molecular weight is 284 g/mol. The highest BCUT2D eigenvalue weighted by molar-refractivity contribution is 6.64. The van der Waals surface area contributed by atoms with Crippen LogP contribution in [0.25, 0.3) is 0 Å². The Balaban J connectivity index is 0.00000133. The van der Waals surface area contributed by atoms with Crippen LogP contribution >= 0.6 is 12.4 Å². The van der Waals surface area contributed by atoms with Gasteiger partial charge in [0, 0.05) is 12.0 Å². The van der Waals surface area contributed by atoms with Gasteiger partial charge in [0.2, 0.25) is 0 Å². The van der Waals surface area contributed by atoms with Gasteiger partial charge in [-0.1, -0.05) is 6.07 Å². The zero-order valence-corrected chi connectivity index (χ0v) is 12.3. The van der Waals surface area contributed by atoms with Gasteiger partial charge in [0.05, 0.1) is 11.7 Å². The van der Waals surface area contributed by atoms with E-state index in [-0.39, 0.29) is 31.2 Å². The Bertz CT molecular complexity index is 495. The minimum atomic E-state index is -0.363. The van der Waals surface area contributed by atoms with Gasteiger partial charge in [-0.3, -0.25) is 0 Å². The number of hydrogen-bond acceptors (Lipinski definition) is 4. The predicted octanol–water partition coefficient (Wildman–Crippen LogP) is 1.33. The molecule has 0 radical (unpaired) electrons. The van der Waals surface area contributed by atoms with Crippen molar-refractivity contribution in [3.8, 4) is 5.75 Å². The van der Waals surface area contributed by atoms with Gasteiger partial charge in [-0.25, -0.2) is 0 Å². The number of aryl methyl sites for hydroxylation is 1. The van der Waals surface area contributed by atoms with Crippen LogP contribution in [0.2, 0.25) is 0 Å². The van der Waals surface area contributed by atoms with Crippen molar-refractivity contribution in [1.82, 2.24) is 0 Å². The molecule has 2 aliphatic rings. The van der Waals surface area contributed by atoms with E-state index in [0.29, 0.717) is 13.2 Å². The lowest BCUT2D eigenvalue weighted by atomic mass is 9.76. The monoisotopic (exact) mass is 283 g/mol. The van der Waals surface area contributed by atoms with Crippen LogP contribution in [0.15, 0.2) is 12.1 Å². The Morgan fingerprint density at radius 2 is 2.16 bits per heavy atom. The molecule has 4 nitrogen and oxygen atoms in total. The maximum atomic E-state index is 6.01. The van der Waals surface area contributed by atoms with Gasteiger partial charge < -0.3 is 19.8 Å². The van der Waals surface area contributed by atoms with Crippen molar-refractivity contribution >= 4 is 25.0 Å². The molecule has 0 bridgehead atoms. The number of ether oxygens (including phenoxy) is 1. The first-order valence-electron chi connectivity index (χ1n) is 6.31. The lowest BCUT2D eigenvalue weighted by Gasteiger charge is -2.25. The zero-order valence-electron chi connectivity index (χ0n) is 11.4. The summed E-state index contributed by atoms with van der Waals surface area (Å²) in [6, 6.07) is 4.05. The van der Waals surface area contributed by atoms with E-state index in [9.17, 15) is 0 Å². The molecule has 2 heterocycles. The summed E-state index contributed by atoms with van der Waals surface area (Å²) < 4.78 is 17.8. The van der Waals surface area contributed by atoms with Crippen LogP contribution in [-0.2, 0) is 9.31 Å². The lowest BCUT2D eigenvalue weighted by molar-refractivity contribution is 0.0281. The molecule has 0 aliphatic carbocycles. The minimum absolute atomic E-state index is 0. The Morgan fingerprint density at radius 3 is 2.84 bits per heavy atom. The molecule has 0 spiro atoms. The minimum Gasteiger partial charge on any atom is -0.491 e. The second-order valence-electron chi connectivity index (χ2n) is 5.57. The summed E-state index contributed by atoms with van der Waals surface area (Å²) in [6.07, 6.45) is -0.0950. The molecule has 2 N–H and O–H groups in total.